The molecule has 1 rings (SSSR count). The van der Waals surface area contributed by atoms with Crippen molar-refractivity contribution in [2.24, 2.45) is 7.05 Å². The molecule has 0 saturated carbocycles. The third kappa shape index (κ3) is 3.47. The Morgan fingerprint density at radius 3 is 2.65 bits per heavy atom. The molecule has 0 radical (unpaired) electrons. The molecule has 0 aliphatic heterocycles. The number of aliphatic carboxylic acids is 1. The third-order valence-corrected chi connectivity index (χ3v) is 2.29. The number of aromatic nitrogens is 2. The smallest absolute Gasteiger partial charge is 0.328 e. The molecule has 0 aromatic carbocycles. The first-order valence-electron chi connectivity index (χ1n) is 5.08. The Hall–Kier alpha value is -2.05. The number of urea groups is 1. The van der Waals surface area contributed by atoms with Gasteiger partial charge in [-0.05, 0) is 13.8 Å². The van der Waals surface area contributed by atoms with Crippen LogP contribution in [-0.4, -0.2) is 32.2 Å². The van der Waals surface area contributed by atoms with Crippen LogP contribution < -0.4 is 10.6 Å². The predicted octanol–water partition coefficient (Wildman–Crippen LogP) is 0.0825. The number of carboxylic acids is 1. The highest BCUT2D eigenvalue weighted by Crippen LogP contribution is 2.01. The molecule has 1 aromatic rings. The van der Waals surface area contributed by atoms with Crippen LogP contribution in [0.5, 0.6) is 0 Å². The van der Waals surface area contributed by atoms with Gasteiger partial charge in [-0.25, -0.2) is 14.6 Å². The minimum atomic E-state index is -1.30. The number of carboxylic acid groups (broad SMARTS) is 1. The molecule has 0 bridgehead atoms. The number of hydrogen-bond acceptors (Lipinski definition) is 3. The van der Waals surface area contributed by atoms with Crippen molar-refractivity contribution in [1.29, 1.82) is 0 Å². The monoisotopic (exact) mass is 240 g/mol. The van der Waals surface area contributed by atoms with Gasteiger partial charge >= 0.3 is 12.0 Å². The highest BCUT2D eigenvalue weighted by Gasteiger charge is 2.28. The molecule has 0 saturated heterocycles. The third-order valence-electron chi connectivity index (χ3n) is 2.29. The zero-order valence-electron chi connectivity index (χ0n) is 10.0. The maximum Gasteiger partial charge on any atom is 0.328 e. The molecule has 0 fully saturated rings. The van der Waals surface area contributed by atoms with Crippen molar-refractivity contribution in [3.63, 3.8) is 0 Å². The van der Waals surface area contributed by atoms with E-state index in [-0.39, 0.29) is 6.54 Å². The van der Waals surface area contributed by atoms with Crippen molar-refractivity contribution in [3.05, 3.63) is 18.2 Å². The van der Waals surface area contributed by atoms with Gasteiger partial charge in [-0.2, -0.15) is 0 Å². The number of carbonyl (C=O) groups excluding carboxylic acids is 1. The summed E-state index contributed by atoms with van der Waals surface area (Å²) in [5, 5.41) is 13.7. The largest absolute Gasteiger partial charge is 0.480 e. The summed E-state index contributed by atoms with van der Waals surface area (Å²) < 4.78 is 1.77. The first kappa shape index (κ1) is 13.0. The zero-order valence-corrected chi connectivity index (χ0v) is 10.0. The number of imidazole rings is 1. The van der Waals surface area contributed by atoms with Gasteiger partial charge in [0.2, 0.25) is 0 Å². The predicted molar refractivity (Wildman–Crippen MR) is 60.3 cm³/mol. The summed E-state index contributed by atoms with van der Waals surface area (Å²) in [6.45, 7) is 3.07. The number of amides is 2. The lowest BCUT2D eigenvalue weighted by atomic mass is 10.1. The average Bonchev–Trinajstić information content (AvgIpc) is 2.60. The van der Waals surface area contributed by atoms with Crippen LogP contribution >= 0.6 is 0 Å². The molecule has 3 N–H and O–H groups in total. The Morgan fingerprint density at radius 2 is 2.18 bits per heavy atom. The van der Waals surface area contributed by atoms with E-state index >= 15 is 0 Å². The van der Waals surface area contributed by atoms with Crippen LogP contribution in [0.1, 0.15) is 19.7 Å². The molecule has 0 aliphatic carbocycles. The molecule has 7 heteroatoms. The number of carbonyl (C=O) groups is 2. The summed E-state index contributed by atoms with van der Waals surface area (Å²) in [7, 11) is 1.81. The molecule has 0 unspecified atom stereocenters. The second-order valence-corrected chi connectivity index (χ2v) is 4.19. The Morgan fingerprint density at radius 1 is 1.53 bits per heavy atom. The van der Waals surface area contributed by atoms with Crippen LogP contribution in [0, 0.1) is 0 Å². The minimum Gasteiger partial charge on any atom is -0.480 e. The Bertz CT molecular complexity index is 425. The molecule has 0 spiro atoms. The lowest BCUT2D eigenvalue weighted by Gasteiger charge is -2.21. The number of hydrogen-bond donors (Lipinski definition) is 3. The van der Waals surface area contributed by atoms with Crippen LogP contribution in [0.4, 0.5) is 4.79 Å². The SMILES string of the molecule is Cn1ccnc1CNC(=O)NC(C)(C)C(=O)O. The van der Waals surface area contributed by atoms with Gasteiger partial charge in [-0.3, -0.25) is 0 Å². The van der Waals surface area contributed by atoms with Crippen LogP contribution in [-0.2, 0) is 18.4 Å². The van der Waals surface area contributed by atoms with Gasteiger partial charge in [-0.1, -0.05) is 0 Å². The van der Waals surface area contributed by atoms with E-state index in [2.05, 4.69) is 15.6 Å². The summed E-state index contributed by atoms with van der Waals surface area (Å²) in [6.07, 6.45) is 3.38. The van der Waals surface area contributed by atoms with E-state index in [4.69, 9.17) is 5.11 Å². The van der Waals surface area contributed by atoms with Gasteiger partial charge in [-0.15, -0.1) is 0 Å². The normalized spacial score (nSPS) is 11.0. The van der Waals surface area contributed by atoms with Crippen LogP contribution in [0.15, 0.2) is 12.4 Å². The molecule has 17 heavy (non-hydrogen) atoms. The Labute approximate surface area is 98.8 Å². The number of nitrogens with one attached hydrogen (secondary N) is 2. The number of aryl methyl sites for hydroxylation is 1. The van der Waals surface area contributed by atoms with E-state index in [0.29, 0.717) is 5.82 Å². The zero-order chi connectivity index (χ0) is 13.1. The van der Waals surface area contributed by atoms with Gasteiger partial charge in [0.05, 0.1) is 6.54 Å². The van der Waals surface area contributed by atoms with Crippen molar-refractivity contribution >= 4 is 12.0 Å². The fourth-order valence-electron chi connectivity index (χ4n) is 1.11. The van der Waals surface area contributed by atoms with E-state index in [9.17, 15) is 9.59 Å². The van der Waals surface area contributed by atoms with Crippen LogP contribution in [0.25, 0.3) is 0 Å². The lowest BCUT2D eigenvalue weighted by Crippen LogP contribution is -2.53. The van der Waals surface area contributed by atoms with Gasteiger partial charge < -0.3 is 20.3 Å². The molecule has 1 heterocycles. The van der Waals surface area contributed by atoms with Crippen molar-refractivity contribution in [1.82, 2.24) is 20.2 Å². The number of nitrogens with zero attached hydrogens (tertiary/aromatic N) is 2. The van der Waals surface area contributed by atoms with Crippen molar-refractivity contribution < 1.29 is 14.7 Å². The molecule has 0 atom stereocenters. The summed E-state index contributed by atoms with van der Waals surface area (Å²) >= 11 is 0. The molecule has 0 aliphatic rings. The molecule has 7 nitrogen and oxygen atoms in total. The molecular formula is C10H16N4O3. The second-order valence-electron chi connectivity index (χ2n) is 4.19. The molecule has 2 amide bonds. The van der Waals surface area contributed by atoms with Crippen LogP contribution in [0.3, 0.4) is 0 Å². The van der Waals surface area contributed by atoms with Crippen LogP contribution in [0.2, 0.25) is 0 Å². The van der Waals surface area contributed by atoms with Gasteiger partial charge in [0, 0.05) is 19.4 Å². The Kier molecular flexibility index (Phi) is 3.72. The van der Waals surface area contributed by atoms with E-state index in [0.717, 1.165) is 0 Å². The Balaban J connectivity index is 2.46. The average molecular weight is 240 g/mol. The fourth-order valence-corrected chi connectivity index (χ4v) is 1.11. The lowest BCUT2D eigenvalue weighted by molar-refractivity contribution is -0.142. The first-order valence-corrected chi connectivity index (χ1v) is 5.08. The van der Waals surface area contributed by atoms with E-state index in [1.165, 1.54) is 13.8 Å². The topological polar surface area (TPSA) is 96.3 Å². The van der Waals surface area contributed by atoms with Crippen molar-refractivity contribution in [3.8, 4) is 0 Å². The van der Waals surface area contributed by atoms with E-state index < -0.39 is 17.5 Å². The van der Waals surface area contributed by atoms with Crippen molar-refractivity contribution in [2.45, 2.75) is 25.9 Å². The molecule has 1 aromatic heterocycles. The number of rotatable bonds is 4. The quantitative estimate of drug-likeness (QED) is 0.694. The van der Waals surface area contributed by atoms with E-state index in [1.807, 2.05) is 7.05 Å². The highest BCUT2D eigenvalue weighted by molar-refractivity contribution is 5.85. The molecular weight excluding hydrogens is 224 g/mol. The van der Waals surface area contributed by atoms with Gasteiger partial charge in [0.1, 0.15) is 11.4 Å². The second kappa shape index (κ2) is 4.86. The summed E-state index contributed by atoms with van der Waals surface area (Å²) in [4.78, 5) is 26.3. The summed E-state index contributed by atoms with van der Waals surface area (Å²) in [5.74, 6) is -0.405. The van der Waals surface area contributed by atoms with Gasteiger partial charge in [0.25, 0.3) is 0 Å². The molecule has 94 valence electrons. The van der Waals surface area contributed by atoms with Gasteiger partial charge in [0.15, 0.2) is 0 Å². The summed E-state index contributed by atoms with van der Waals surface area (Å²) in [6, 6.07) is -0.541. The van der Waals surface area contributed by atoms with Crippen molar-refractivity contribution in [2.75, 3.05) is 0 Å². The standard InChI is InChI=1S/C10H16N4O3/c1-10(2,8(15)16)13-9(17)12-6-7-11-4-5-14(7)3/h4-5H,6H2,1-3H3,(H,15,16)(H2,12,13,17). The highest BCUT2D eigenvalue weighted by atomic mass is 16.4. The first-order chi connectivity index (χ1) is 7.83. The summed E-state index contributed by atoms with van der Waals surface area (Å²) in [5.41, 5.74) is -1.30. The maximum atomic E-state index is 11.4. The maximum absolute atomic E-state index is 11.4. The van der Waals surface area contributed by atoms with E-state index in [1.54, 1.807) is 17.0 Å². The minimum absolute atomic E-state index is 0.241. The fraction of sp³-hybridized carbons (Fsp3) is 0.500.